The highest BCUT2D eigenvalue weighted by Gasteiger charge is 2.27. The minimum absolute atomic E-state index is 0.00505. The van der Waals surface area contributed by atoms with Crippen molar-refractivity contribution in [3.8, 4) is 0 Å². The zero-order valence-electron chi connectivity index (χ0n) is 16.4. The number of pyridine rings is 1. The van der Waals surface area contributed by atoms with E-state index in [-0.39, 0.29) is 17.8 Å². The van der Waals surface area contributed by atoms with Gasteiger partial charge in [-0.15, -0.1) is 0 Å². The van der Waals surface area contributed by atoms with Gasteiger partial charge >= 0.3 is 0 Å². The number of benzene rings is 1. The Balaban J connectivity index is 1.49. The summed E-state index contributed by atoms with van der Waals surface area (Å²) in [5, 5.41) is 3.51. The van der Waals surface area contributed by atoms with Crippen LogP contribution in [0.4, 0.5) is 0 Å². The third-order valence-electron chi connectivity index (χ3n) is 4.67. The average molecular weight is 404 g/mol. The van der Waals surface area contributed by atoms with Gasteiger partial charge in [-0.1, -0.05) is 30.3 Å². The number of rotatable bonds is 9. The smallest absolute Gasteiger partial charge is 0.216 e. The van der Waals surface area contributed by atoms with E-state index in [1.54, 1.807) is 6.20 Å². The van der Waals surface area contributed by atoms with Crippen molar-refractivity contribution in [2.45, 2.75) is 38.2 Å². The summed E-state index contributed by atoms with van der Waals surface area (Å²) in [5.41, 5.74) is 9.66. The Hall–Kier alpha value is -1.84. The van der Waals surface area contributed by atoms with Crippen LogP contribution in [0.1, 0.15) is 36.6 Å². The van der Waals surface area contributed by atoms with Crippen molar-refractivity contribution in [2.24, 2.45) is 5.92 Å². The van der Waals surface area contributed by atoms with Gasteiger partial charge in [-0.2, -0.15) is 0 Å². The molecule has 0 saturated carbocycles. The number of nitrogens with zero attached hydrogens (tertiary/aromatic N) is 1. The van der Waals surface area contributed by atoms with E-state index < -0.39 is 10.0 Å². The molecule has 0 aliphatic carbocycles. The molecule has 1 aromatic carbocycles. The van der Waals surface area contributed by atoms with Gasteiger partial charge in [0.05, 0.1) is 11.8 Å². The fourth-order valence-electron chi connectivity index (χ4n) is 3.42. The normalized spacial score (nSPS) is 20.0. The predicted molar refractivity (Wildman–Crippen MR) is 111 cm³/mol. The van der Waals surface area contributed by atoms with Crippen LogP contribution in [0.2, 0.25) is 0 Å². The Labute approximate surface area is 167 Å². The Morgan fingerprint density at radius 1 is 1.18 bits per heavy atom. The van der Waals surface area contributed by atoms with Crippen molar-refractivity contribution in [2.75, 3.05) is 13.1 Å². The Bertz CT molecular complexity index is 841. The maximum absolute atomic E-state index is 12.0. The van der Waals surface area contributed by atoms with E-state index in [1.165, 1.54) is 5.56 Å². The molecule has 3 rings (SSSR count). The van der Waals surface area contributed by atoms with Gasteiger partial charge in [0.15, 0.2) is 0 Å². The van der Waals surface area contributed by atoms with Crippen LogP contribution in [0.5, 0.6) is 0 Å². The molecule has 28 heavy (non-hydrogen) atoms. The molecule has 0 spiro atoms. The molecule has 2 aromatic rings. The van der Waals surface area contributed by atoms with Crippen molar-refractivity contribution >= 4 is 10.0 Å². The van der Waals surface area contributed by atoms with E-state index in [4.69, 9.17) is 0 Å². The summed E-state index contributed by atoms with van der Waals surface area (Å²) < 4.78 is 26.7. The second-order valence-electron chi connectivity index (χ2n) is 7.53. The van der Waals surface area contributed by atoms with Gasteiger partial charge in [0.25, 0.3) is 0 Å². The first kappa shape index (κ1) is 20.9. The van der Waals surface area contributed by atoms with Crippen LogP contribution in [0.3, 0.4) is 0 Å². The summed E-state index contributed by atoms with van der Waals surface area (Å²) in [7, 11) is -3.29. The van der Waals surface area contributed by atoms with Crippen LogP contribution in [0, 0.1) is 5.92 Å². The number of sulfonamides is 1. The fourth-order valence-corrected chi connectivity index (χ4v) is 4.85. The summed E-state index contributed by atoms with van der Waals surface area (Å²) in [6.45, 7) is 6.15. The fraction of sp³-hybridized carbons (Fsp3) is 0.450. The lowest BCUT2D eigenvalue weighted by atomic mass is 9.96. The first-order valence-corrected chi connectivity index (χ1v) is 11.2. The molecule has 1 aliphatic rings. The van der Waals surface area contributed by atoms with Gasteiger partial charge in [0, 0.05) is 44.0 Å². The van der Waals surface area contributed by atoms with E-state index in [0.29, 0.717) is 5.92 Å². The third kappa shape index (κ3) is 6.08. The monoisotopic (exact) mass is 403 g/mol. The molecule has 1 aromatic heterocycles. The van der Waals surface area contributed by atoms with Crippen molar-refractivity contribution < 1.29 is 8.42 Å². The highest BCUT2D eigenvalue weighted by Crippen LogP contribution is 2.23. The van der Waals surface area contributed by atoms with Gasteiger partial charge < -0.3 is 5.32 Å². The minimum Gasteiger partial charge on any atom is -0.312 e. The molecule has 8 heteroatoms. The molecule has 0 radical (unpaired) electrons. The van der Waals surface area contributed by atoms with Crippen LogP contribution in [-0.4, -0.2) is 32.5 Å². The van der Waals surface area contributed by atoms with Crippen molar-refractivity contribution in [1.29, 1.82) is 0 Å². The SMILES string of the molecule is CC(C)NS(=O)(=O)Cc1ccc(CNCC2CNNC2c2cccnc2)cc1. The van der Waals surface area contributed by atoms with Gasteiger partial charge in [0.1, 0.15) is 0 Å². The maximum Gasteiger partial charge on any atom is 0.216 e. The predicted octanol–water partition coefficient (Wildman–Crippen LogP) is 1.46. The minimum atomic E-state index is -3.29. The molecule has 2 unspecified atom stereocenters. The van der Waals surface area contributed by atoms with Gasteiger partial charge in [-0.3, -0.25) is 10.4 Å². The Morgan fingerprint density at radius 2 is 1.93 bits per heavy atom. The summed E-state index contributed by atoms with van der Waals surface area (Å²) >= 11 is 0. The van der Waals surface area contributed by atoms with Crippen LogP contribution >= 0.6 is 0 Å². The van der Waals surface area contributed by atoms with E-state index in [0.717, 1.165) is 30.8 Å². The van der Waals surface area contributed by atoms with Crippen molar-refractivity contribution in [3.05, 3.63) is 65.5 Å². The molecular formula is C20H29N5O2S. The van der Waals surface area contributed by atoms with Crippen molar-refractivity contribution in [1.82, 2.24) is 25.9 Å². The molecule has 0 bridgehead atoms. The van der Waals surface area contributed by atoms with Crippen LogP contribution in [-0.2, 0) is 22.3 Å². The molecule has 1 aliphatic heterocycles. The van der Waals surface area contributed by atoms with Crippen LogP contribution < -0.4 is 20.9 Å². The highest BCUT2D eigenvalue weighted by molar-refractivity contribution is 7.88. The first-order valence-electron chi connectivity index (χ1n) is 9.60. The van der Waals surface area contributed by atoms with Crippen molar-refractivity contribution in [3.63, 3.8) is 0 Å². The van der Waals surface area contributed by atoms with E-state index in [1.807, 2.05) is 50.4 Å². The number of hydrogen-bond acceptors (Lipinski definition) is 6. The summed E-state index contributed by atoms with van der Waals surface area (Å²) in [6, 6.07) is 11.9. The van der Waals surface area contributed by atoms with Gasteiger partial charge in [-0.05, 0) is 36.6 Å². The molecule has 1 fully saturated rings. The lowest BCUT2D eigenvalue weighted by Crippen LogP contribution is -2.31. The van der Waals surface area contributed by atoms with E-state index in [2.05, 4.69) is 31.9 Å². The standard InChI is InChI=1S/C20H29N5O2S/c1-15(2)25-28(26,27)14-17-7-5-16(6-8-17)10-22-12-19-13-23-24-20(19)18-4-3-9-21-11-18/h3-9,11,15,19-20,22-25H,10,12-14H2,1-2H3. The van der Waals surface area contributed by atoms with Crippen LogP contribution in [0.25, 0.3) is 0 Å². The number of hydrazine groups is 1. The molecule has 1 saturated heterocycles. The zero-order valence-corrected chi connectivity index (χ0v) is 17.2. The molecule has 2 atom stereocenters. The Kier molecular flexibility index (Phi) is 7.14. The largest absolute Gasteiger partial charge is 0.312 e. The summed E-state index contributed by atoms with van der Waals surface area (Å²) in [5.74, 6) is 0.432. The summed E-state index contributed by atoms with van der Waals surface area (Å²) in [6.07, 6.45) is 3.69. The molecular weight excluding hydrogens is 374 g/mol. The quantitative estimate of drug-likeness (QED) is 0.506. The zero-order chi connectivity index (χ0) is 20.0. The lowest BCUT2D eigenvalue weighted by molar-refractivity contribution is 0.441. The molecule has 152 valence electrons. The average Bonchev–Trinajstić information content (AvgIpc) is 3.11. The molecule has 7 nitrogen and oxygen atoms in total. The second kappa shape index (κ2) is 9.58. The van der Waals surface area contributed by atoms with Crippen LogP contribution in [0.15, 0.2) is 48.8 Å². The lowest BCUT2D eigenvalue weighted by Gasteiger charge is -2.19. The van der Waals surface area contributed by atoms with Gasteiger partial charge in [-0.25, -0.2) is 18.6 Å². The van der Waals surface area contributed by atoms with Gasteiger partial charge in [0.2, 0.25) is 10.0 Å². The van der Waals surface area contributed by atoms with E-state index in [9.17, 15) is 8.42 Å². The maximum atomic E-state index is 12.0. The highest BCUT2D eigenvalue weighted by atomic mass is 32.2. The topological polar surface area (TPSA) is 95.2 Å². The second-order valence-corrected chi connectivity index (χ2v) is 9.28. The third-order valence-corrected chi connectivity index (χ3v) is 6.21. The van der Waals surface area contributed by atoms with E-state index >= 15 is 0 Å². The first-order chi connectivity index (χ1) is 13.4. The Morgan fingerprint density at radius 3 is 2.61 bits per heavy atom. The number of aromatic nitrogens is 1. The molecule has 2 heterocycles. The number of nitrogens with one attached hydrogen (secondary N) is 4. The molecule has 4 N–H and O–H groups in total. The number of hydrogen-bond donors (Lipinski definition) is 4. The molecule has 0 amide bonds. The summed E-state index contributed by atoms with van der Waals surface area (Å²) in [4.78, 5) is 4.21.